The normalized spacial score (nSPS) is 10.7. The number of benzene rings is 1. The summed E-state index contributed by atoms with van der Waals surface area (Å²) in [6.45, 7) is 4.17. The fourth-order valence-corrected chi connectivity index (χ4v) is 3.17. The minimum absolute atomic E-state index is 0.288. The quantitative estimate of drug-likeness (QED) is 0.875. The van der Waals surface area contributed by atoms with Crippen molar-refractivity contribution in [2.75, 3.05) is 7.11 Å². The molecule has 0 aliphatic rings. The summed E-state index contributed by atoms with van der Waals surface area (Å²) in [6.07, 6.45) is 0. The van der Waals surface area contributed by atoms with Gasteiger partial charge < -0.3 is 10.5 Å². The van der Waals surface area contributed by atoms with E-state index in [1.165, 1.54) is 11.3 Å². The lowest BCUT2D eigenvalue weighted by molar-refractivity contribution is 0.416. The van der Waals surface area contributed by atoms with Crippen LogP contribution in [0.25, 0.3) is 10.6 Å². The van der Waals surface area contributed by atoms with Crippen molar-refractivity contribution in [2.45, 2.75) is 19.8 Å². The number of methoxy groups -OCH3 is 1. The third-order valence-electron chi connectivity index (χ3n) is 2.76. The molecule has 3 nitrogen and oxygen atoms in total. The average Bonchev–Trinajstić information content (AvgIpc) is 2.84. The van der Waals surface area contributed by atoms with Crippen LogP contribution in [0.2, 0.25) is 0 Å². The summed E-state index contributed by atoms with van der Waals surface area (Å²) >= 11 is 6.63. The van der Waals surface area contributed by atoms with Gasteiger partial charge in [-0.25, -0.2) is 4.98 Å². The maximum absolute atomic E-state index is 5.78. The topological polar surface area (TPSA) is 48.1 Å². The smallest absolute Gasteiger partial charge is 0.129 e. The van der Waals surface area contributed by atoms with E-state index >= 15 is 0 Å². The Balaban J connectivity index is 2.57. The summed E-state index contributed by atoms with van der Waals surface area (Å²) in [5.74, 6) is 1.09. The number of para-hydroxylation sites is 1. The predicted molar refractivity (Wildman–Crippen MR) is 84.1 cm³/mol. The van der Waals surface area contributed by atoms with Crippen LogP contribution in [0.15, 0.2) is 24.3 Å². The van der Waals surface area contributed by atoms with Crippen LogP contribution < -0.4 is 10.5 Å². The minimum atomic E-state index is 0.288. The highest BCUT2D eigenvalue weighted by Crippen LogP contribution is 2.36. The van der Waals surface area contributed by atoms with E-state index in [0.29, 0.717) is 4.99 Å². The molecule has 0 unspecified atom stereocenters. The molecule has 1 aromatic heterocycles. The highest BCUT2D eigenvalue weighted by Gasteiger charge is 2.18. The summed E-state index contributed by atoms with van der Waals surface area (Å²) in [7, 11) is 1.66. The van der Waals surface area contributed by atoms with Gasteiger partial charge in [0.05, 0.1) is 23.2 Å². The number of thiazole rings is 1. The SMILES string of the molecule is COc1ccccc1-c1nc(C(C)C)c(C(N)=S)s1. The molecule has 2 N–H and O–H groups in total. The van der Waals surface area contributed by atoms with Crippen LogP contribution in [0, 0.1) is 0 Å². The fraction of sp³-hybridized carbons (Fsp3) is 0.286. The van der Waals surface area contributed by atoms with Crippen LogP contribution in [0.1, 0.15) is 30.3 Å². The van der Waals surface area contributed by atoms with Crippen molar-refractivity contribution in [3.63, 3.8) is 0 Å². The lowest BCUT2D eigenvalue weighted by atomic mass is 10.1. The maximum atomic E-state index is 5.78. The van der Waals surface area contributed by atoms with Crippen LogP contribution in [0.4, 0.5) is 0 Å². The van der Waals surface area contributed by atoms with Crippen LogP contribution in [0.5, 0.6) is 5.75 Å². The van der Waals surface area contributed by atoms with Crippen molar-refractivity contribution in [1.29, 1.82) is 0 Å². The first-order chi connectivity index (χ1) is 9.04. The second-order valence-corrected chi connectivity index (χ2v) is 5.89. The Morgan fingerprint density at radius 3 is 2.58 bits per heavy atom. The van der Waals surface area contributed by atoms with Crippen LogP contribution in [-0.4, -0.2) is 17.1 Å². The molecular weight excluding hydrogens is 276 g/mol. The van der Waals surface area contributed by atoms with E-state index in [-0.39, 0.29) is 5.92 Å². The molecule has 0 amide bonds. The van der Waals surface area contributed by atoms with Crippen LogP contribution in [0.3, 0.4) is 0 Å². The van der Waals surface area contributed by atoms with Gasteiger partial charge in [0.2, 0.25) is 0 Å². The molecule has 0 aliphatic heterocycles. The van der Waals surface area contributed by atoms with Crippen molar-refractivity contribution in [3.8, 4) is 16.3 Å². The average molecular weight is 292 g/mol. The molecule has 1 heterocycles. The van der Waals surface area contributed by atoms with Gasteiger partial charge >= 0.3 is 0 Å². The molecule has 0 atom stereocenters. The van der Waals surface area contributed by atoms with E-state index in [1.54, 1.807) is 7.11 Å². The van der Waals surface area contributed by atoms with Crippen molar-refractivity contribution in [3.05, 3.63) is 34.8 Å². The second-order valence-electron chi connectivity index (χ2n) is 4.45. The monoisotopic (exact) mass is 292 g/mol. The zero-order valence-electron chi connectivity index (χ0n) is 11.1. The molecule has 0 spiro atoms. The minimum Gasteiger partial charge on any atom is -0.496 e. The van der Waals surface area contributed by atoms with Gasteiger partial charge in [-0.15, -0.1) is 11.3 Å². The third-order valence-corrected chi connectivity index (χ3v) is 4.23. The molecule has 5 heteroatoms. The summed E-state index contributed by atoms with van der Waals surface area (Å²) in [4.78, 5) is 5.98. The Bertz CT molecular complexity index is 605. The Labute approximate surface area is 122 Å². The van der Waals surface area contributed by atoms with E-state index in [0.717, 1.165) is 26.9 Å². The molecular formula is C14H16N2OS2. The summed E-state index contributed by atoms with van der Waals surface area (Å²) in [5, 5.41) is 0.893. The summed E-state index contributed by atoms with van der Waals surface area (Å²) < 4.78 is 5.37. The summed E-state index contributed by atoms with van der Waals surface area (Å²) in [6, 6.07) is 7.82. The van der Waals surface area contributed by atoms with Crippen LogP contribution >= 0.6 is 23.6 Å². The van der Waals surface area contributed by atoms with Crippen molar-refractivity contribution in [2.24, 2.45) is 5.73 Å². The van der Waals surface area contributed by atoms with Gasteiger partial charge in [0.25, 0.3) is 0 Å². The van der Waals surface area contributed by atoms with Gasteiger partial charge in [0, 0.05) is 0 Å². The molecule has 0 saturated carbocycles. The highest BCUT2D eigenvalue weighted by molar-refractivity contribution is 7.81. The molecule has 2 aromatic rings. The Hall–Kier alpha value is -1.46. The first-order valence-corrected chi connectivity index (χ1v) is 7.21. The van der Waals surface area contributed by atoms with Gasteiger partial charge in [-0.3, -0.25) is 0 Å². The van der Waals surface area contributed by atoms with Crippen molar-refractivity contribution in [1.82, 2.24) is 4.98 Å². The number of rotatable bonds is 4. The lowest BCUT2D eigenvalue weighted by Gasteiger charge is -2.04. The first kappa shape index (κ1) is 14.0. The number of hydrogen-bond donors (Lipinski definition) is 1. The van der Waals surface area contributed by atoms with E-state index < -0.39 is 0 Å². The molecule has 1 aromatic carbocycles. The standard InChI is InChI=1S/C14H16N2OS2/c1-8(2)11-12(13(15)18)19-14(16-11)9-6-4-5-7-10(9)17-3/h4-8H,1-3H3,(H2,15,18). The summed E-state index contributed by atoms with van der Waals surface area (Å²) in [5.41, 5.74) is 7.71. The van der Waals surface area contributed by atoms with Gasteiger partial charge in [-0.1, -0.05) is 38.2 Å². The Kier molecular flexibility index (Phi) is 4.17. The van der Waals surface area contributed by atoms with Gasteiger partial charge in [-0.2, -0.15) is 0 Å². The number of thiocarbonyl (C=S) groups is 1. The largest absolute Gasteiger partial charge is 0.496 e. The molecule has 0 bridgehead atoms. The van der Waals surface area contributed by atoms with E-state index in [9.17, 15) is 0 Å². The number of nitrogens with zero attached hydrogens (tertiary/aromatic N) is 1. The zero-order chi connectivity index (χ0) is 14.0. The first-order valence-electron chi connectivity index (χ1n) is 5.98. The van der Waals surface area contributed by atoms with E-state index in [4.69, 9.17) is 22.7 Å². The Morgan fingerprint density at radius 2 is 2.05 bits per heavy atom. The highest BCUT2D eigenvalue weighted by atomic mass is 32.1. The van der Waals surface area contributed by atoms with Crippen molar-refractivity contribution >= 4 is 28.5 Å². The van der Waals surface area contributed by atoms with Gasteiger partial charge in [0.15, 0.2) is 0 Å². The maximum Gasteiger partial charge on any atom is 0.129 e. The molecule has 0 fully saturated rings. The van der Waals surface area contributed by atoms with Gasteiger partial charge in [0.1, 0.15) is 15.7 Å². The second kappa shape index (κ2) is 5.67. The van der Waals surface area contributed by atoms with Crippen LogP contribution in [-0.2, 0) is 0 Å². The lowest BCUT2D eigenvalue weighted by Crippen LogP contribution is -2.10. The molecule has 0 aliphatic carbocycles. The Morgan fingerprint density at radius 1 is 1.37 bits per heavy atom. The molecule has 100 valence electrons. The molecule has 19 heavy (non-hydrogen) atoms. The number of ether oxygens (including phenoxy) is 1. The zero-order valence-corrected chi connectivity index (χ0v) is 12.8. The number of nitrogens with two attached hydrogens (primary N) is 1. The number of hydrogen-bond acceptors (Lipinski definition) is 4. The third kappa shape index (κ3) is 2.77. The molecule has 2 rings (SSSR count). The number of aromatic nitrogens is 1. The molecule has 0 radical (unpaired) electrons. The van der Waals surface area contributed by atoms with E-state index in [2.05, 4.69) is 18.8 Å². The van der Waals surface area contributed by atoms with Gasteiger partial charge in [-0.05, 0) is 18.1 Å². The fourth-order valence-electron chi connectivity index (χ4n) is 1.84. The predicted octanol–water partition coefficient (Wildman–Crippen LogP) is 3.58. The van der Waals surface area contributed by atoms with Crippen molar-refractivity contribution < 1.29 is 4.74 Å². The van der Waals surface area contributed by atoms with E-state index in [1.807, 2.05) is 24.3 Å². The molecule has 0 saturated heterocycles.